The second kappa shape index (κ2) is 6.10. The molecule has 0 aliphatic heterocycles. The zero-order valence-corrected chi connectivity index (χ0v) is 13.2. The molecule has 0 fully saturated rings. The van der Waals surface area contributed by atoms with Gasteiger partial charge in [0.05, 0.1) is 17.0 Å². The highest BCUT2D eigenvalue weighted by atomic mass is 19.1. The Morgan fingerprint density at radius 2 is 1.96 bits per heavy atom. The highest BCUT2D eigenvalue weighted by Gasteiger charge is 2.14. The highest BCUT2D eigenvalue weighted by Crippen LogP contribution is 2.12. The molecular formula is C17H12FN5O2. The first kappa shape index (κ1) is 16.2. The maximum Gasteiger partial charge on any atom is 0.332 e. The Hall–Kier alpha value is -3.65. The maximum atomic E-state index is 13.4. The maximum absolute atomic E-state index is 13.4. The van der Waals surface area contributed by atoms with Gasteiger partial charge in [-0.3, -0.25) is 13.9 Å². The van der Waals surface area contributed by atoms with Crippen LogP contribution in [0.4, 0.5) is 4.39 Å². The molecule has 0 bridgehead atoms. The minimum Gasteiger partial charge on any atom is -0.332 e. The Morgan fingerprint density at radius 3 is 2.64 bits per heavy atom. The summed E-state index contributed by atoms with van der Waals surface area (Å²) >= 11 is 0. The SMILES string of the molecule is Cn1c(=O)n(CCc2cc(F)ccc2C#N)c(=O)c2cc(C#N)[nH]c21. The Kier molecular flexibility index (Phi) is 3.96. The van der Waals surface area contributed by atoms with Gasteiger partial charge in [-0.2, -0.15) is 10.5 Å². The summed E-state index contributed by atoms with van der Waals surface area (Å²) in [5, 5.41) is 18.3. The van der Waals surface area contributed by atoms with Gasteiger partial charge in [0, 0.05) is 13.6 Å². The smallest absolute Gasteiger partial charge is 0.332 e. The lowest BCUT2D eigenvalue weighted by Crippen LogP contribution is -2.39. The number of hydrogen-bond donors (Lipinski definition) is 1. The molecule has 2 aromatic heterocycles. The van der Waals surface area contributed by atoms with Gasteiger partial charge in [0.25, 0.3) is 5.56 Å². The minimum absolute atomic E-state index is 0.00729. The summed E-state index contributed by atoms with van der Waals surface area (Å²) in [6.45, 7) is -0.00729. The van der Waals surface area contributed by atoms with Crippen molar-refractivity contribution in [2.75, 3.05) is 0 Å². The van der Waals surface area contributed by atoms with Gasteiger partial charge in [-0.25, -0.2) is 9.18 Å². The molecule has 1 aromatic carbocycles. The first-order valence-electron chi connectivity index (χ1n) is 7.37. The molecule has 0 unspecified atom stereocenters. The Morgan fingerprint density at radius 1 is 1.20 bits per heavy atom. The average Bonchev–Trinajstić information content (AvgIpc) is 3.05. The molecule has 3 aromatic rings. The first-order valence-corrected chi connectivity index (χ1v) is 7.37. The summed E-state index contributed by atoms with van der Waals surface area (Å²) in [6, 6.07) is 9.00. The predicted octanol–water partition coefficient (Wildman–Crippen LogP) is 1.15. The molecule has 0 aliphatic carbocycles. The van der Waals surface area contributed by atoms with E-state index in [1.807, 2.05) is 12.1 Å². The predicted molar refractivity (Wildman–Crippen MR) is 87.3 cm³/mol. The van der Waals surface area contributed by atoms with Crippen LogP contribution in [0.15, 0.2) is 33.9 Å². The summed E-state index contributed by atoms with van der Waals surface area (Å²) in [4.78, 5) is 27.7. The second-order valence-corrected chi connectivity index (χ2v) is 5.52. The van der Waals surface area contributed by atoms with Crippen LogP contribution in [0.1, 0.15) is 16.8 Å². The van der Waals surface area contributed by atoms with Crippen molar-refractivity contribution in [2.24, 2.45) is 7.05 Å². The van der Waals surface area contributed by atoms with Crippen LogP contribution in [0.25, 0.3) is 11.0 Å². The molecule has 0 atom stereocenters. The van der Waals surface area contributed by atoms with Crippen LogP contribution >= 0.6 is 0 Å². The molecule has 0 saturated heterocycles. The lowest BCUT2D eigenvalue weighted by Gasteiger charge is -2.09. The van der Waals surface area contributed by atoms with E-state index in [0.717, 1.165) is 4.57 Å². The quantitative estimate of drug-likeness (QED) is 0.773. The lowest BCUT2D eigenvalue weighted by atomic mass is 10.1. The summed E-state index contributed by atoms with van der Waals surface area (Å²) in [6.07, 6.45) is 0.150. The Balaban J connectivity index is 2.08. The molecule has 8 heteroatoms. The molecule has 7 nitrogen and oxygen atoms in total. The molecule has 0 radical (unpaired) electrons. The number of aryl methyl sites for hydroxylation is 2. The van der Waals surface area contributed by atoms with Crippen LogP contribution in [0.3, 0.4) is 0 Å². The molecule has 1 N–H and O–H groups in total. The van der Waals surface area contributed by atoms with Gasteiger partial charge in [-0.05, 0) is 36.2 Å². The third-order valence-electron chi connectivity index (χ3n) is 4.04. The topological polar surface area (TPSA) is 107 Å². The third-order valence-corrected chi connectivity index (χ3v) is 4.04. The normalized spacial score (nSPS) is 10.6. The Labute approximate surface area is 140 Å². The second-order valence-electron chi connectivity index (χ2n) is 5.52. The standard InChI is InChI=1S/C17H12FN5O2/c1-22-15-14(7-13(9-20)21-15)16(24)23(17(22)25)5-4-10-6-12(18)3-2-11(10)8-19/h2-3,6-7,21H,4-5H2,1H3. The first-order chi connectivity index (χ1) is 12.0. The van der Waals surface area contributed by atoms with Gasteiger partial charge in [-0.1, -0.05) is 0 Å². The molecule has 2 heterocycles. The van der Waals surface area contributed by atoms with Crippen molar-refractivity contribution in [1.29, 1.82) is 10.5 Å². The number of fused-ring (bicyclic) bond motifs is 1. The van der Waals surface area contributed by atoms with E-state index in [9.17, 15) is 14.0 Å². The fraction of sp³-hybridized carbons (Fsp3) is 0.176. The van der Waals surface area contributed by atoms with E-state index in [1.54, 1.807) is 0 Å². The van der Waals surface area contributed by atoms with Crippen LogP contribution < -0.4 is 11.2 Å². The fourth-order valence-corrected chi connectivity index (χ4v) is 2.75. The number of hydrogen-bond acceptors (Lipinski definition) is 4. The average molecular weight is 337 g/mol. The number of aromatic nitrogens is 3. The van der Waals surface area contributed by atoms with Crippen LogP contribution in [0.5, 0.6) is 0 Å². The van der Waals surface area contributed by atoms with Crippen LogP contribution in [0, 0.1) is 28.5 Å². The van der Waals surface area contributed by atoms with E-state index >= 15 is 0 Å². The zero-order valence-electron chi connectivity index (χ0n) is 13.2. The van der Waals surface area contributed by atoms with Crippen LogP contribution in [-0.4, -0.2) is 14.1 Å². The van der Waals surface area contributed by atoms with Crippen molar-refractivity contribution in [3.05, 3.63) is 67.7 Å². The van der Waals surface area contributed by atoms with Gasteiger partial charge in [-0.15, -0.1) is 0 Å². The molecule has 124 valence electrons. The van der Waals surface area contributed by atoms with Crippen molar-refractivity contribution in [3.63, 3.8) is 0 Å². The summed E-state index contributed by atoms with van der Waals surface area (Å²) in [5.41, 5.74) is 0.0663. The fourth-order valence-electron chi connectivity index (χ4n) is 2.75. The van der Waals surface area contributed by atoms with Crippen molar-refractivity contribution in [3.8, 4) is 12.1 Å². The summed E-state index contributed by atoms with van der Waals surface area (Å²) in [7, 11) is 1.49. The number of halogens is 1. The van der Waals surface area contributed by atoms with Gasteiger partial charge < -0.3 is 4.98 Å². The van der Waals surface area contributed by atoms with E-state index in [1.165, 1.54) is 35.9 Å². The van der Waals surface area contributed by atoms with Gasteiger partial charge in [0.1, 0.15) is 23.2 Å². The van der Waals surface area contributed by atoms with E-state index in [2.05, 4.69) is 4.98 Å². The van der Waals surface area contributed by atoms with Gasteiger partial charge in [0.15, 0.2) is 0 Å². The third kappa shape index (κ3) is 2.70. The zero-order chi connectivity index (χ0) is 18.1. The number of nitrogens with one attached hydrogen (secondary N) is 1. The monoisotopic (exact) mass is 337 g/mol. The van der Waals surface area contributed by atoms with E-state index in [0.29, 0.717) is 11.1 Å². The molecule has 25 heavy (non-hydrogen) atoms. The number of H-pyrrole nitrogens is 1. The van der Waals surface area contributed by atoms with E-state index in [-0.39, 0.29) is 29.7 Å². The molecule has 0 aliphatic rings. The molecule has 0 saturated carbocycles. The van der Waals surface area contributed by atoms with E-state index < -0.39 is 17.1 Å². The van der Waals surface area contributed by atoms with Gasteiger partial charge in [0.2, 0.25) is 0 Å². The molecule has 0 spiro atoms. The van der Waals surface area contributed by atoms with Crippen LogP contribution in [0.2, 0.25) is 0 Å². The van der Waals surface area contributed by atoms with Gasteiger partial charge >= 0.3 is 5.69 Å². The van der Waals surface area contributed by atoms with Crippen molar-refractivity contribution < 1.29 is 4.39 Å². The summed E-state index contributed by atoms with van der Waals surface area (Å²) in [5.74, 6) is -0.492. The van der Waals surface area contributed by atoms with Crippen LogP contribution in [-0.2, 0) is 20.0 Å². The summed E-state index contributed by atoms with van der Waals surface area (Å²) < 4.78 is 15.7. The number of nitriles is 2. The number of nitrogens with zero attached hydrogens (tertiary/aromatic N) is 4. The largest absolute Gasteiger partial charge is 0.332 e. The number of benzene rings is 1. The van der Waals surface area contributed by atoms with Crippen molar-refractivity contribution in [2.45, 2.75) is 13.0 Å². The molecule has 0 amide bonds. The Bertz CT molecular complexity index is 1190. The lowest BCUT2D eigenvalue weighted by molar-refractivity contribution is 0.595. The minimum atomic E-state index is -0.557. The molecule has 3 rings (SSSR count). The number of aromatic amines is 1. The van der Waals surface area contributed by atoms with Crippen molar-refractivity contribution in [1.82, 2.24) is 14.1 Å². The van der Waals surface area contributed by atoms with Crippen molar-refractivity contribution >= 4 is 11.0 Å². The highest BCUT2D eigenvalue weighted by molar-refractivity contribution is 5.76. The number of rotatable bonds is 3. The molecular weight excluding hydrogens is 325 g/mol. The van der Waals surface area contributed by atoms with E-state index in [4.69, 9.17) is 10.5 Å².